The molecule has 2 aliphatic heterocycles. The van der Waals surface area contributed by atoms with Gasteiger partial charge in [-0.25, -0.2) is 0 Å². The Morgan fingerprint density at radius 1 is 0.418 bits per heavy atom. The van der Waals surface area contributed by atoms with Crippen LogP contribution in [0.5, 0.6) is 0 Å². The maximum atomic E-state index is 2.80. The van der Waals surface area contributed by atoms with E-state index in [4.69, 9.17) is 0 Å². The third kappa shape index (κ3) is 4.55. The average molecular weight is 860 g/mol. The number of aromatic nitrogens is 3. The van der Waals surface area contributed by atoms with E-state index in [1.54, 1.807) is 0 Å². The van der Waals surface area contributed by atoms with Crippen molar-refractivity contribution >= 4 is 110 Å². The molecule has 0 spiro atoms. The molecule has 15 rings (SSSR count). The minimum atomic E-state index is -0.0968. The molecule has 0 amide bonds. The third-order valence-corrected chi connectivity index (χ3v) is 16.3. The molecule has 4 heteroatoms. The lowest BCUT2D eigenvalue weighted by Gasteiger charge is -2.35. The number of hydrogen-bond acceptors (Lipinski definition) is 0. The van der Waals surface area contributed by atoms with Crippen molar-refractivity contribution in [3.8, 4) is 27.9 Å². The monoisotopic (exact) mass is 859 g/mol. The lowest BCUT2D eigenvalue weighted by molar-refractivity contribution is 0.590. The molecule has 0 radical (unpaired) electrons. The summed E-state index contributed by atoms with van der Waals surface area (Å²) >= 11 is 0. The molecule has 0 N–H and O–H groups in total. The van der Waals surface area contributed by atoms with Crippen molar-refractivity contribution in [1.29, 1.82) is 0 Å². The largest absolute Gasteiger partial charge is 0.375 e. The Balaban J connectivity index is 1.24. The number of benzene rings is 9. The van der Waals surface area contributed by atoms with Gasteiger partial charge in [-0.3, -0.25) is 0 Å². The lowest BCUT2D eigenvalue weighted by Crippen LogP contribution is -2.55. The van der Waals surface area contributed by atoms with E-state index in [1.807, 2.05) is 0 Å². The molecular weight excluding hydrogens is 810 g/mol. The normalized spacial score (nSPS) is 13.7. The van der Waals surface area contributed by atoms with E-state index in [0.717, 1.165) is 0 Å². The van der Waals surface area contributed by atoms with Crippen LogP contribution in [0, 0.1) is 20.8 Å². The van der Waals surface area contributed by atoms with Crippen LogP contribution >= 0.6 is 0 Å². The molecule has 6 heterocycles. The first kappa shape index (κ1) is 37.9. The smallest absolute Gasteiger partial charge is 0.333 e. The summed E-state index contributed by atoms with van der Waals surface area (Å²) in [5.41, 5.74) is 25.2. The first-order valence-electron chi connectivity index (χ1n) is 24.2. The van der Waals surface area contributed by atoms with Gasteiger partial charge < -0.3 is 13.4 Å². The maximum absolute atomic E-state index is 2.80. The van der Waals surface area contributed by atoms with Crippen LogP contribution in [0.4, 0.5) is 0 Å². The van der Waals surface area contributed by atoms with Crippen LogP contribution < -0.4 is 10.9 Å². The molecule has 0 saturated carbocycles. The molecule has 320 valence electrons. The summed E-state index contributed by atoms with van der Waals surface area (Å²) in [7, 11) is 0. The van der Waals surface area contributed by atoms with Crippen molar-refractivity contribution < 1.29 is 0 Å². The summed E-state index contributed by atoms with van der Waals surface area (Å²) in [5, 5.41) is 13.3. The van der Waals surface area contributed by atoms with Gasteiger partial charge in [-0.1, -0.05) is 132 Å². The second-order valence-corrected chi connectivity index (χ2v) is 22.3. The van der Waals surface area contributed by atoms with Crippen molar-refractivity contribution in [3.05, 3.63) is 167 Å². The zero-order chi connectivity index (χ0) is 45.3. The molecule has 0 atom stereocenters. The highest BCUT2D eigenvalue weighted by Gasteiger charge is 2.45. The van der Waals surface area contributed by atoms with Crippen LogP contribution in [0.15, 0.2) is 140 Å². The second-order valence-electron chi connectivity index (χ2n) is 22.3. The Kier molecular flexibility index (Phi) is 6.88. The van der Waals surface area contributed by atoms with Gasteiger partial charge in [0.25, 0.3) is 0 Å². The Hall–Kier alpha value is -7.30. The fourth-order valence-corrected chi connectivity index (χ4v) is 13.5. The number of hydrogen-bond donors (Lipinski definition) is 0. The minimum absolute atomic E-state index is 0.000127. The van der Waals surface area contributed by atoms with Crippen LogP contribution in [0.25, 0.3) is 120 Å². The molecule has 0 fully saturated rings. The Morgan fingerprint density at radius 2 is 1.04 bits per heavy atom. The summed E-state index contributed by atoms with van der Waals surface area (Å²) in [6.45, 7) is 20.9. The van der Waals surface area contributed by atoms with Gasteiger partial charge in [0.2, 0.25) is 0 Å². The minimum Gasteiger partial charge on any atom is -0.375 e. The van der Waals surface area contributed by atoms with E-state index in [1.165, 1.54) is 159 Å². The van der Waals surface area contributed by atoms with E-state index >= 15 is 0 Å². The van der Waals surface area contributed by atoms with Gasteiger partial charge in [-0.05, 0) is 147 Å². The summed E-state index contributed by atoms with van der Waals surface area (Å²) in [4.78, 5) is 0. The Bertz CT molecular complexity index is 4420. The summed E-state index contributed by atoms with van der Waals surface area (Å²) in [6.07, 6.45) is 0. The maximum Gasteiger partial charge on any atom is 0.333 e. The molecule has 13 aromatic rings. The van der Waals surface area contributed by atoms with E-state index in [-0.39, 0.29) is 17.7 Å². The number of rotatable bonds is 1. The highest BCUT2D eigenvalue weighted by molar-refractivity contribution is 6.92. The topological polar surface area (TPSA) is 14.3 Å². The Labute approximate surface area is 390 Å². The van der Waals surface area contributed by atoms with Gasteiger partial charge in [-0.2, -0.15) is 0 Å². The van der Waals surface area contributed by atoms with E-state index in [0.29, 0.717) is 0 Å². The standard InChI is InChI=1S/C63H50BN3/c1-33-26-34(2)53(35(3)27-33)36-22-24-50-46(28-36)55-41-18-11-10-17-40(41)54-47-31-38(63(7,8)9)30-44-43-29-37(62(4,5)6)23-25-51(43)67(59(44)47)64-57-52(66(50)61(55)58(54)64)32-45-39-16-12-14-20-48(39)65-49-21-15-13-19-42(49)56(57)60(45)65/h10-32H,1-9H3. The van der Waals surface area contributed by atoms with E-state index in [2.05, 4.69) is 215 Å². The SMILES string of the molecule is Cc1cc(C)c(-c2ccc3c(c2)c2c4ccccc4c4c5c2n3-c2cc3c6ccccc6n6c7ccccc7c(c2B5n2c5ccc(C(C)(C)C)cc5c5cc(C(C)(C)C)cc-4c52)c36)c(C)c1. The molecule has 0 unspecified atom stereocenters. The highest BCUT2D eigenvalue weighted by Crippen LogP contribution is 2.51. The van der Waals surface area contributed by atoms with Crippen LogP contribution in [-0.2, 0) is 10.8 Å². The molecule has 2 aliphatic rings. The zero-order valence-electron chi connectivity index (χ0n) is 39.7. The summed E-state index contributed by atoms with van der Waals surface area (Å²) in [6, 6.07) is 54.8. The first-order valence-corrected chi connectivity index (χ1v) is 24.2. The third-order valence-electron chi connectivity index (χ3n) is 16.3. The fraction of sp³-hybridized carbons (Fsp3) is 0.175. The van der Waals surface area contributed by atoms with Crippen LogP contribution in [0.3, 0.4) is 0 Å². The first-order chi connectivity index (χ1) is 32.3. The molecule has 4 aromatic heterocycles. The molecule has 0 saturated heterocycles. The molecule has 0 aliphatic carbocycles. The second kappa shape index (κ2) is 12.2. The summed E-state index contributed by atoms with van der Waals surface area (Å²) < 4.78 is 8.08. The molecule has 3 nitrogen and oxygen atoms in total. The number of fused-ring (bicyclic) bond motifs is 21. The van der Waals surface area contributed by atoms with Crippen LogP contribution in [0.1, 0.15) is 69.4 Å². The quantitative estimate of drug-likeness (QED) is 0.146. The number of nitrogens with zero attached hydrogens (tertiary/aromatic N) is 3. The van der Waals surface area contributed by atoms with Gasteiger partial charge >= 0.3 is 6.85 Å². The highest BCUT2D eigenvalue weighted by atomic mass is 15.0. The van der Waals surface area contributed by atoms with E-state index in [9.17, 15) is 0 Å². The molecular formula is C63H50BN3. The van der Waals surface area contributed by atoms with Crippen molar-refractivity contribution in [2.75, 3.05) is 0 Å². The van der Waals surface area contributed by atoms with Crippen molar-refractivity contribution in [2.45, 2.75) is 73.1 Å². The lowest BCUT2D eigenvalue weighted by atomic mass is 9.44. The molecule has 67 heavy (non-hydrogen) atoms. The Morgan fingerprint density at radius 3 is 1.78 bits per heavy atom. The number of para-hydroxylation sites is 2. The van der Waals surface area contributed by atoms with Gasteiger partial charge in [0.05, 0.1) is 27.6 Å². The molecule has 9 aromatic carbocycles. The average Bonchev–Trinajstić information content (AvgIpc) is 4.03. The van der Waals surface area contributed by atoms with Crippen molar-refractivity contribution in [3.63, 3.8) is 0 Å². The van der Waals surface area contributed by atoms with Crippen molar-refractivity contribution in [1.82, 2.24) is 13.4 Å². The van der Waals surface area contributed by atoms with Gasteiger partial charge in [0, 0.05) is 65.4 Å². The predicted octanol–water partition coefficient (Wildman–Crippen LogP) is 15.3. The van der Waals surface area contributed by atoms with Gasteiger partial charge in [0.15, 0.2) is 0 Å². The number of aryl methyl sites for hydroxylation is 3. The van der Waals surface area contributed by atoms with Crippen LogP contribution in [0.2, 0.25) is 0 Å². The van der Waals surface area contributed by atoms with Gasteiger partial charge in [-0.15, -0.1) is 0 Å². The van der Waals surface area contributed by atoms with Gasteiger partial charge in [0.1, 0.15) is 0 Å². The van der Waals surface area contributed by atoms with Crippen molar-refractivity contribution in [2.24, 2.45) is 0 Å². The fourth-order valence-electron chi connectivity index (χ4n) is 13.5. The van der Waals surface area contributed by atoms with Crippen LogP contribution in [-0.4, -0.2) is 20.3 Å². The predicted molar refractivity (Wildman–Crippen MR) is 289 cm³/mol. The summed E-state index contributed by atoms with van der Waals surface area (Å²) in [5.74, 6) is 0. The molecule has 0 bridgehead atoms. The van der Waals surface area contributed by atoms with E-state index < -0.39 is 0 Å². The zero-order valence-corrected chi connectivity index (χ0v) is 39.7.